The van der Waals surface area contributed by atoms with Crippen LogP contribution in [0.15, 0.2) is 83.6 Å². The lowest BCUT2D eigenvalue weighted by Crippen LogP contribution is -2.20. The Labute approximate surface area is 244 Å². The number of thioether (sulfide) groups is 2. The molecular weight excluding hydrogens is 533 g/mol. The van der Waals surface area contributed by atoms with Gasteiger partial charge in [-0.3, -0.25) is 9.80 Å². The Morgan fingerprint density at radius 3 is 1.15 bits per heavy atom. The second-order valence-electron chi connectivity index (χ2n) is 10.2. The summed E-state index contributed by atoms with van der Waals surface area (Å²) in [6, 6.07) is 12.9. The fraction of sp³-hybridized carbons (Fsp3) is 0.188. The minimum atomic E-state index is 0.632. The summed E-state index contributed by atoms with van der Waals surface area (Å²) in [6.45, 7) is 12.7. The molecule has 0 unspecified atom stereocenters. The first-order chi connectivity index (χ1) is 19.3. The third-order valence-corrected chi connectivity index (χ3v) is 9.30. The van der Waals surface area contributed by atoms with Crippen molar-refractivity contribution < 1.29 is 0 Å². The molecule has 2 aromatic heterocycles. The Balaban J connectivity index is 1.54. The van der Waals surface area contributed by atoms with Crippen molar-refractivity contribution in [3.63, 3.8) is 0 Å². The molecule has 0 radical (unpaired) electrons. The number of aryl methyl sites for hydroxylation is 6. The van der Waals surface area contributed by atoms with E-state index in [4.69, 9.17) is 19.9 Å². The highest BCUT2D eigenvalue weighted by atomic mass is 32.2. The number of rotatable bonds is 4. The maximum Gasteiger partial charge on any atom is 0.234 e. The summed E-state index contributed by atoms with van der Waals surface area (Å²) in [4.78, 5) is 25.4. The molecule has 200 valence electrons. The quantitative estimate of drug-likeness (QED) is 0.248. The van der Waals surface area contributed by atoms with Gasteiger partial charge in [-0.1, -0.05) is 59.9 Å². The molecule has 0 fully saturated rings. The summed E-state index contributed by atoms with van der Waals surface area (Å²) in [5.41, 5.74) is 9.47. The molecular formula is C32H30N6S2. The zero-order valence-corrected chi connectivity index (χ0v) is 25.1. The van der Waals surface area contributed by atoms with Crippen molar-refractivity contribution in [2.75, 3.05) is 9.80 Å². The summed E-state index contributed by atoms with van der Waals surface area (Å²) in [6.07, 6.45) is 11.8. The van der Waals surface area contributed by atoms with E-state index in [0.29, 0.717) is 11.9 Å². The van der Waals surface area contributed by atoms with Crippen LogP contribution < -0.4 is 9.80 Å². The van der Waals surface area contributed by atoms with Crippen LogP contribution in [0.5, 0.6) is 0 Å². The van der Waals surface area contributed by atoms with Crippen LogP contribution in [0.25, 0.3) is 9.81 Å². The zero-order valence-electron chi connectivity index (χ0n) is 23.4. The second-order valence-corrected chi connectivity index (χ2v) is 12.3. The molecule has 8 heteroatoms. The number of hydrogen-bond acceptors (Lipinski definition) is 8. The van der Waals surface area contributed by atoms with Crippen molar-refractivity contribution in [2.24, 2.45) is 0 Å². The van der Waals surface area contributed by atoms with Gasteiger partial charge in [-0.25, -0.2) is 19.9 Å². The van der Waals surface area contributed by atoms with Gasteiger partial charge in [-0.05, 0) is 86.1 Å². The van der Waals surface area contributed by atoms with E-state index in [2.05, 4.69) is 86.3 Å². The van der Waals surface area contributed by atoms with E-state index in [-0.39, 0.29) is 0 Å². The van der Waals surface area contributed by atoms with Crippen LogP contribution in [-0.2, 0) is 0 Å². The van der Waals surface area contributed by atoms with Gasteiger partial charge in [0, 0.05) is 47.0 Å². The van der Waals surface area contributed by atoms with Crippen LogP contribution in [0.3, 0.4) is 0 Å². The topological polar surface area (TPSA) is 58.0 Å². The van der Waals surface area contributed by atoms with E-state index in [1.54, 1.807) is 23.5 Å². The lowest BCUT2D eigenvalue weighted by atomic mass is 10.0. The Morgan fingerprint density at radius 1 is 0.500 bits per heavy atom. The molecule has 0 amide bonds. The number of aromatic nitrogens is 4. The standard InChI is InChI=1S/C32H30N6S2/c1-19-13-33-31(34-14-19)37-17-25(27-21(3)9-7-10-22(27)4)39-29(37)30-38(32-35-15-20(2)16-36-32)18-26(40-30)28-23(5)11-8-12-24(28)6/h7-18H,1-6H3/b30-29+. The lowest BCUT2D eigenvalue weighted by molar-refractivity contribution is 1.02. The highest BCUT2D eigenvalue weighted by molar-refractivity contribution is 8.15. The van der Waals surface area contributed by atoms with Crippen molar-refractivity contribution >= 4 is 45.2 Å². The van der Waals surface area contributed by atoms with Crippen molar-refractivity contribution in [3.8, 4) is 0 Å². The van der Waals surface area contributed by atoms with E-state index in [1.165, 1.54) is 33.4 Å². The number of benzene rings is 2. The normalized spacial score (nSPS) is 16.9. The number of hydrogen-bond donors (Lipinski definition) is 0. The van der Waals surface area contributed by atoms with Crippen molar-refractivity contribution in [3.05, 3.63) is 128 Å². The molecule has 0 aliphatic carbocycles. The molecule has 0 saturated carbocycles. The molecule has 4 heterocycles. The Morgan fingerprint density at radius 2 is 0.825 bits per heavy atom. The van der Waals surface area contributed by atoms with Crippen LogP contribution in [0.1, 0.15) is 44.5 Å². The summed E-state index contributed by atoms with van der Waals surface area (Å²) in [7, 11) is 0. The molecule has 4 aromatic rings. The Bertz CT molecular complexity index is 1540. The summed E-state index contributed by atoms with van der Waals surface area (Å²) >= 11 is 3.48. The fourth-order valence-corrected chi connectivity index (χ4v) is 7.63. The first-order valence-electron chi connectivity index (χ1n) is 13.1. The van der Waals surface area contributed by atoms with Crippen molar-refractivity contribution in [1.29, 1.82) is 0 Å². The molecule has 2 aromatic carbocycles. The van der Waals surface area contributed by atoms with E-state index in [9.17, 15) is 0 Å². The van der Waals surface area contributed by atoms with Gasteiger partial charge in [0.05, 0.1) is 0 Å². The SMILES string of the molecule is Cc1cnc(N2C=C(c3c(C)cccc3C)S/C2=C2/SC(c3c(C)cccc3C)=CN2c2ncc(C)cn2)nc1. The lowest BCUT2D eigenvalue weighted by Gasteiger charge is -2.22. The summed E-state index contributed by atoms with van der Waals surface area (Å²) < 4.78 is 0. The van der Waals surface area contributed by atoms with E-state index in [0.717, 1.165) is 31.0 Å². The molecule has 0 bridgehead atoms. The molecule has 0 atom stereocenters. The van der Waals surface area contributed by atoms with Crippen LogP contribution in [0.4, 0.5) is 11.9 Å². The third-order valence-electron chi connectivity index (χ3n) is 6.95. The zero-order chi connectivity index (χ0) is 28.0. The van der Waals surface area contributed by atoms with Gasteiger partial charge in [-0.2, -0.15) is 0 Å². The summed E-state index contributed by atoms with van der Waals surface area (Å²) in [5, 5.41) is 2.04. The Kier molecular flexibility index (Phi) is 6.98. The highest BCUT2D eigenvalue weighted by Gasteiger charge is 2.35. The van der Waals surface area contributed by atoms with Gasteiger partial charge < -0.3 is 0 Å². The average molecular weight is 563 g/mol. The first kappa shape index (κ1) is 26.3. The predicted molar refractivity (Wildman–Crippen MR) is 168 cm³/mol. The van der Waals surface area contributed by atoms with Crippen LogP contribution in [0, 0.1) is 41.5 Å². The smallest absolute Gasteiger partial charge is 0.234 e. The molecule has 0 saturated heterocycles. The van der Waals surface area contributed by atoms with Gasteiger partial charge in [0.2, 0.25) is 11.9 Å². The monoisotopic (exact) mass is 562 g/mol. The maximum absolute atomic E-state index is 4.72. The number of anilines is 2. The largest absolute Gasteiger partial charge is 0.276 e. The fourth-order valence-electron chi connectivity index (χ4n) is 4.96. The van der Waals surface area contributed by atoms with E-state index < -0.39 is 0 Å². The second kappa shape index (κ2) is 10.6. The minimum Gasteiger partial charge on any atom is -0.276 e. The van der Waals surface area contributed by atoms with Crippen molar-refractivity contribution in [2.45, 2.75) is 41.5 Å². The van der Waals surface area contributed by atoms with Crippen LogP contribution in [0.2, 0.25) is 0 Å². The van der Waals surface area contributed by atoms with Crippen LogP contribution >= 0.6 is 23.5 Å². The van der Waals surface area contributed by atoms with E-state index >= 15 is 0 Å². The molecule has 6 nitrogen and oxygen atoms in total. The molecule has 2 aliphatic heterocycles. The molecule has 2 aliphatic rings. The third kappa shape index (κ3) is 4.82. The molecule has 6 rings (SSSR count). The van der Waals surface area contributed by atoms with Crippen LogP contribution in [-0.4, -0.2) is 19.9 Å². The minimum absolute atomic E-state index is 0.632. The predicted octanol–water partition coefficient (Wildman–Crippen LogP) is 8.05. The molecule has 0 spiro atoms. The van der Waals surface area contributed by atoms with Crippen molar-refractivity contribution in [1.82, 2.24) is 19.9 Å². The van der Waals surface area contributed by atoms with Gasteiger partial charge >= 0.3 is 0 Å². The average Bonchev–Trinajstić information content (AvgIpc) is 3.55. The van der Waals surface area contributed by atoms with Gasteiger partial charge in [-0.15, -0.1) is 0 Å². The van der Waals surface area contributed by atoms with Gasteiger partial charge in [0.15, 0.2) is 0 Å². The van der Waals surface area contributed by atoms with Gasteiger partial charge in [0.25, 0.3) is 0 Å². The first-order valence-corrected chi connectivity index (χ1v) is 14.8. The summed E-state index contributed by atoms with van der Waals surface area (Å²) in [5.74, 6) is 1.26. The molecule has 40 heavy (non-hydrogen) atoms. The highest BCUT2D eigenvalue weighted by Crippen LogP contribution is 2.54. The Hall–Kier alpha value is -3.88. The maximum atomic E-state index is 4.72. The molecule has 0 N–H and O–H groups in total. The van der Waals surface area contributed by atoms with E-state index in [1.807, 2.05) is 38.6 Å². The van der Waals surface area contributed by atoms with Gasteiger partial charge in [0.1, 0.15) is 10.1 Å². The number of nitrogens with zero attached hydrogens (tertiary/aromatic N) is 6.